The minimum Gasteiger partial charge on any atom is -0.493 e. The minimum atomic E-state index is -0.154. The Morgan fingerprint density at radius 3 is 2.52 bits per heavy atom. The molecular formula is C19H22ClNO4. The average molecular weight is 364 g/mol. The summed E-state index contributed by atoms with van der Waals surface area (Å²) in [6, 6.07) is 12.5. The van der Waals surface area contributed by atoms with E-state index in [1.807, 2.05) is 24.3 Å². The molecule has 0 radical (unpaired) electrons. The van der Waals surface area contributed by atoms with Crippen LogP contribution in [-0.4, -0.2) is 33.3 Å². The number of hydrogen-bond donors (Lipinski definition) is 1. The van der Waals surface area contributed by atoms with E-state index < -0.39 is 0 Å². The van der Waals surface area contributed by atoms with Crippen LogP contribution < -0.4 is 14.8 Å². The van der Waals surface area contributed by atoms with Gasteiger partial charge in [-0.25, -0.2) is 0 Å². The topological polar surface area (TPSA) is 56.8 Å². The lowest BCUT2D eigenvalue weighted by molar-refractivity contribution is 0.0948. The van der Waals surface area contributed by atoms with Crippen LogP contribution in [0.3, 0.4) is 0 Å². The summed E-state index contributed by atoms with van der Waals surface area (Å²) >= 11 is 5.87. The summed E-state index contributed by atoms with van der Waals surface area (Å²) in [5.41, 5.74) is 1.51. The van der Waals surface area contributed by atoms with Crippen molar-refractivity contribution < 1.29 is 19.0 Å². The van der Waals surface area contributed by atoms with Crippen molar-refractivity contribution in [3.05, 3.63) is 58.6 Å². The van der Waals surface area contributed by atoms with Gasteiger partial charge in [-0.2, -0.15) is 0 Å². The van der Waals surface area contributed by atoms with Gasteiger partial charge in [0.25, 0.3) is 5.91 Å². The highest BCUT2D eigenvalue weighted by Gasteiger charge is 2.11. The van der Waals surface area contributed by atoms with E-state index >= 15 is 0 Å². The second-order valence-electron chi connectivity index (χ2n) is 5.38. The summed E-state index contributed by atoms with van der Waals surface area (Å²) in [4.78, 5) is 12.1. The summed E-state index contributed by atoms with van der Waals surface area (Å²) in [5, 5.41) is 3.52. The Balaban J connectivity index is 1.98. The number of hydrogen-bond acceptors (Lipinski definition) is 4. The summed E-state index contributed by atoms with van der Waals surface area (Å²) in [6.07, 6.45) is 0.766. The number of carbonyl (C=O) groups excluding carboxylic acids is 1. The number of halogens is 1. The third-order valence-corrected chi connectivity index (χ3v) is 3.80. The number of rotatable bonds is 9. The van der Waals surface area contributed by atoms with Crippen LogP contribution in [0.5, 0.6) is 11.5 Å². The average Bonchev–Trinajstić information content (AvgIpc) is 2.64. The normalized spacial score (nSPS) is 10.4. The van der Waals surface area contributed by atoms with Crippen LogP contribution in [0.2, 0.25) is 5.02 Å². The second kappa shape index (κ2) is 9.91. The molecule has 2 rings (SSSR count). The SMILES string of the molecule is COCCCNC(=O)c1ccc(OCc2ccc(Cl)cc2)c(OC)c1. The molecule has 5 nitrogen and oxygen atoms in total. The van der Waals surface area contributed by atoms with Gasteiger partial charge in [-0.05, 0) is 42.3 Å². The number of ether oxygens (including phenoxy) is 3. The Morgan fingerprint density at radius 2 is 1.84 bits per heavy atom. The van der Waals surface area contributed by atoms with Crippen molar-refractivity contribution in [2.75, 3.05) is 27.4 Å². The molecule has 134 valence electrons. The van der Waals surface area contributed by atoms with E-state index in [9.17, 15) is 4.79 Å². The number of nitrogens with one attached hydrogen (secondary N) is 1. The fourth-order valence-electron chi connectivity index (χ4n) is 2.19. The molecular weight excluding hydrogens is 342 g/mol. The number of methoxy groups -OCH3 is 2. The summed E-state index contributed by atoms with van der Waals surface area (Å²) < 4.78 is 16.1. The first-order valence-corrected chi connectivity index (χ1v) is 8.34. The summed E-state index contributed by atoms with van der Waals surface area (Å²) in [5.74, 6) is 0.936. The Kier molecular flexibility index (Phi) is 7.57. The van der Waals surface area contributed by atoms with Gasteiger partial charge in [0.05, 0.1) is 7.11 Å². The van der Waals surface area contributed by atoms with Crippen LogP contribution in [0.1, 0.15) is 22.3 Å². The highest BCUT2D eigenvalue weighted by Crippen LogP contribution is 2.29. The van der Waals surface area contributed by atoms with Gasteiger partial charge in [0.15, 0.2) is 11.5 Å². The maximum atomic E-state index is 12.1. The van der Waals surface area contributed by atoms with Crippen molar-refractivity contribution >= 4 is 17.5 Å². The molecule has 1 N–H and O–H groups in total. The molecule has 0 heterocycles. The zero-order chi connectivity index (χ0) is 18.1. The van der Waals surface area contributed by atoms with Crippen molar-refractivity contribution in [2.45, 2.75) is 13.0 Å². The van der Waals surface area contributed by atoms with Crippen molar-refractivity contribution in [3.63, 3.8) is 0 Å². The number of benzene rings is 2. The highest BCUT2D eigenvalue weighted by molar-refractivity contribution is 6.30. The predicted octanol–water partition coefficient (Wildman–Crippen LogP) is 3.69. The van der Waals surface area contributed by atoms with Gasteiger partial charge in [-0.3, -0.25) is 4.79 Å². The fourth-order valence-corrected chi connectivity index (χ4v) is 2.32. The van der Waals surface area contributed by atoms with Crippen molar-refractivity contribution in [1.29, 1.82) is 0 Å². The zero-order valence-electron chi connectivity index (χ0n) is 14.4. The van der Waals surface area contributed by atoms with Crippen molar-refractivity contribution in [3.8, 4) is 11.5 Å². The lowest BCUT2D eigenvalue weighted by Crippen LogP contribution is -2.25. The van der Waals surface area contributed by atoms with E-state index in [2.05, 4.69) is 5.32 Å². The van der Waals surface area contributed by atoms with Crippen molar-refractivity contribution in [2.24, 2.45) is 0 Å². The number of carbonyl (C=O) groups is 1. The molecule has 0 spiro atoms. The second-order valence-corrected chi connectivity index (χ2v) is 5.82. The predicted molar refractivity (Wildman–Crippen MR) is 97.6 cm³/mol. The van der Waals surface area contributed by atoms with Crippen molar-refractivity contribution in [1.82, 2.24) is 5.32 Å². The minimum absolute atomic E-state index is 0.154. The molecule has 0 saturated carbocycles. The van der Waals surface area contributed by atoms with Crippen LogP contribution in [-0.2, 0) is 11.3 Å². The Hall–Kier alpha value is -2.24. The lowest BCUT2D eigenvalue weighted by Gasteiger charge is -2.12. The van der Waals surface area contributed by atoms with Crippen LogP contribution in [0.25, 0.3) is 0 Å². The standard InChI is InChI=1S/C19H22ClNO4/c1-23-11-3-10-21-19(22)15-6-9-17(18(12-15)24-2)25-13-14-4-7-16(20)8-5-14/h4-9,12H,3,10-11,13H2,1-2H3,(H,21,22). The Morgan fingerprint density at radius 1 is 1.08 bits per heavy atom. The molecule has 0 aliphatic rings. The molecule has 6 heteroatoms. The van der Waals surface area contributed by atoms with E-state index in [0.29, 0.717) is 41.8 Å². The van der Waals surface area contributed by atoms with E-state index in [0.717, 1.165) is 12.0 Å². The van der Waals surface area contributed by atoms with E-state index in [1.165, 1.54) is 0 Å². The number of amides is 1. The largest absolute Gasteiger partial charge is 0.493 e. The highest BCUT2D eigenvalue weighted by atomic mass is 35.5. The third-order valence-electron chi connectivity index (χ3n) is 3.54. The van der Waals surface area contributed by atoms with Crippen LogP contribution in [0.4, 0.5) is 0 Å². The zero-order valence-corrected chi connectivity index (χ0v) is 15.1. The van der Waals surface area contributed by atoms with Gasteiger partial charge in [0, 0.05) is 30.8 Å². The van der Waals surface area contributed by atoms with Gasteiger partial charge in [0.2, 0.25) is 0 Å². The molecule has 0 aliphatic heterocycles. The molecule has 0 aliphatic carbocycles. The lowest BCUT2D eigenvalue weighted by atomic mass is 10.2. The maximum Gasteiger partial charge on any atom is 0.251 e. The van der Waals surface area contributed by atoms with E-state index in [-0.39, 0.29) is 5.91 Å². The molecule has 0 aromatic heterocycles. The molecule has 25 heavy (non-hydrogen) atoms. The van der Waals surface area contributed by atoms with Gasteiger partial charge in [0.1, 0.15) is 6.61 Å². The molecule has 0 fully saturated rings. The van der Waals surface area contributed by atoms with Gasteiger partial charge in [-0.1, -0.05) is 23.7 Å². The molecule has 0 atom stereocenters. The van der Waals surface area contributed by atoms with Gasteiger partial charge >= 0.3 is 0 Å². The monoisotopic (exact) mass is 363 g/mol. The fraction of sp³-hybridized carbons (Fsp3) is 0.316. The first-order chi connectivity index (χ1) is 12.1. The third kappa shape index (κ3) is 5.96. The molecule has 2 aromatic carbocycles. The molecule has 0 saturated heterocycles. The molecule has 1 amide bonds. The van der Waals surface area contributed by atoms with Crippen LogP contribution in [0.15, 0.2) is 42.5 Å². The smallest absolute Gasteiger partial charge is 0.251 e. The van der Waals surface area contributed by atoms with Crippen LogP contribution in [0, 0.1) is 0 Å². The first kappa shape index (κ1) is 19.1. The van der Waals surface area contributed by atoms with Crippen LogP contribution >= 0.6 is 11.6 Å². The summed E-state index contributed by atoms with van der Waals surface area (Å²) in [6.45, 7) is 1.56. The van der Waals surface area contributed by atoms with E-state index in [1.54, 1.807) is 32.4 Å². The first-order valence-electron chi connectivity index (χ1n) is 7.96. The van der Waals surface area contributed by atoms with Gasteiger partial charge in [-0.15, -0.1) is 0 Å². The maximum absolute atomic E-state index is 12.1. The van der Waals surface area contributed by atoms with E-state index in [4.69, 9.17) is 25.8 Å². The van der Waals surface area contributed by atoms with Gasteiger partial charge < -0.3 is 19.5 Å². The molecule has 2 aromatic rings. The summed E-state index contributed by atoms with van der Waals surface area (Å²) in [7, 11) is 3.18. The quantitative estimate of drug-likeness (QED) is 0.690. The molecule has 0 unspecified atom stereocenters. The molecule has 0 bridgehead atoms. The Labute approximate surface area is 152 Å². The Bertz CT molecular complexity index is 688.